The molecule has 1 aromatic rings. The van der Waals surface area contributed by atoms with Crippen molar-refractivity contribution >= 4 is 34.8 Å². The molecule has 0 unspecified atom stereocenters. The van der Waals surface area contributed by atoms with E-state index in [1.54, 1.807) is 12.1 Å². The van der Waals surface area contributed by atoms with E-state index >= 15 is 0 Å². The number of fused-ring (bicyclic) bond motifs is 3. The summed E-state index contributed by atoms with van der Waals surface area (Å²) in [6.07, 6.45) is -1.14. The van der Waals surface area contributed by atoms with Crippen molar-refractivity contribution in [2.45, 2.75) is 21.4 Å². The quantitative estimate of drug-likeness (QED) is 0.443. The fourth-order valence-electron chi connectivity index (χ4n) is 3.45. The fraction of sp³-hybridized carbons (Fsp3) is 0.538. The normalized spacial score (nSPS) is 32.2. The Bertz CT molecular complexity index is 592. The van der Waals surface area contributed by atoms with Gasteiger partial charge in [0, 0.05) is 17.0 Å². The molecule has 1 aromatic carbocycles. The summed E-state index contributed by atoms with van der Waals surface area (Å²) in [5.41, 5.74) is -0.669. The second-order valence-corrected chi connectivity index (χ2v) is 7.94. The maximum atomic E-state index is 11.9. The molecule has 3 atom stereocenters. The van der Waals surface area contributed by atoms with Gasteiger partial charge in [0.05, 0.1) is 12.5 Å². The van der Waals surface area contributed by atoms with Gasteiger partial charge in [0.1, 0.15) is 5.75 Å². The second-order valence-electron chi connectivity index (χ2n) is 5.58. The molecule has 0 N–H and O–H groups in total. The van der Waals surface area contributed by atoms with Gasteiger partial charge in [-0.05, 0) is 13.1 Å². The number of halogens is 3. The minimum absolute atomic E-state index is 0.178. The first-order valence-corrected chi connectivity index (χ1v) is 7.55. The molecule has 1 fully saturated rings. The van der Waals surface area contributed by atoms with Gasteiger partial charge in [-0.1, -0.05) is 53.0 Å². The van der Waals surface area contributed by atoms with Gasteiger partial charge < -0.3 is 4.74 Å². The molecule has 0 bridgehead atoms. The Morgan fingerprint density at radius 2 is 2.10 bits per heavy atom. The molecule has 114 valence electrons. The number of alkyl halides is 3. The predicted octanol–water partition coefficient (Wildman–Crippen LogP) is 2.86. The first-order chi connectivity index (χ1) is 9.76. The lowest BCUT2D eigenvalue weighted by Crippen LogP contribution is -2.63. The largest absolute Gasteiger partial charge is 0.478 e. The van der Waals surface area contributed by atoms with Crippen molar-refractivity contribution in [3.05, 3.63) is 39.9 Å². The van der Waals surface area contributed by atoms with E-state index in [1.807, 2.05) is 24.1 Å². The van der Waals surface area contributed by atoms with Gasteiger partial charge in [-0.25, -0.2) is 0 Å². The maximum absolute atomic E-state index is 11.9. The summed E-state index contributed by atoms with van der Waals surface area (Å²) in [5, 5.41) is 11.9. The molecule has 0 radical (unpaired) electrons. The number of rotatable bonds is 1. The van der Waals surface area contributed by atoms with Crippen molar-refractivity contribution in [2.75, 3.05) is 20.1 Å². The first kappa shape index (κ1) is 15.2. The SMILES string of the molecule is CN1C[C@@H]2c3ccccc3O[C@H](C(Cl)(Cl)Cl)[C@]2([N+](=O)[O-])C1. The predicted molar refractivity (Wildman–Crippen MR) is 81.1 cm³/mol. The highest BCUT2D eigenvalue weighted by atomic mass is 35.6. The third kappa shape index (κ3) is 2.18. The van der Waals surface area contributed by atoms with Crippen LogP contribution in [0.15, 0.2) is 24.3 Å². The molecule has 21 heavy (non-hydrogen) atoms. The highest BCUT2D eigenvalue weighted by Crippen LogP contribution is 2.53. The van der Waals surface area contributed by atoms with E-state index in [4.69, 9.17) is 39.5 Å². The van der Waals surface area contributed by atoms with E-state index in [1.165, 1.54) is 0 Å². The number of hydrogen-bond acceptors (Lipinski definition) is 4. The molecule has 5 nitrogen and oxygen atoms in total. The van der Waals surface area contributed by atoms with Gasteiger partial charge >= 0.3 is 0 Å². The molecule has 0 aliphatic carbocycles. The summed E-state index contributed by atoms with van der Waals surface area (Å²) in [5.74, 6) is 0.176. The number of ether oxygens (including phenoxy) is 1. The Kier molecular flexibility index (Phi) is 3.52. The van der Waals surface area contributed by atoms with Crippen LogP contribution in [0.1, 0.15) is 11.5 Å². The highest BCUT2D eigenvalue weighted by Gasteiger charge is 2.70. The topological polar surface area (TPSA) is 55.6 Å². The van der Waals surface area contributed by atoms with Crippen LogP contribution >= 0.6 is 34.8 Å². The van der Waals surface area contributed by atoms with Crippen LogP contribution in [0.3, 0.4) is 0 Å². The van der Waals surface area contributed by atoms with Gasteiger partial charge in [0.25, 0.3) is 5.54 Å². The molecule has 2 aliphatic heterocycles. The van der Waals surface area contributed by atoms with Crippen LogP contribution in [-0.2, 0) is 0 Å². The lowest BCUT2D eigenvalue weighted by molar-refractivity contribution is -0.581. The average molecular weight is 352 g/mol. The third-order valence-electron chi connectivity index (χ3n) is 4.25. The van der Waals surface area contributed by atoms with Crippen LogP contribution in [0.5, 0.6) is 5.75 Å². The molecule has 0 spiro atoms. The first-order valence-electron chi connectivity index (χ1n) is 6.42. The van der Waals surface area contributed by atoms with Gasteiger partial charge in [-0.15, -0.1) is 0 Å². The van der Waals surface area contributed by atoms with Crippen LogP contribution in [0.4, 0.5) is 0 Å². The molecule has 2 heterocycles. The standard InChI is InChI=1S/C13H13Cl3N2O3/c1-17-6-9-8-4-2-3-5-10(8)21-11(13(14,15)16)12(9,7-17)18(19)20/h2-5,9,11H,6-7H2,1H3/t9-,11+,12+/m1/s1. The Morgan fingerprint density at radius 1 is 1.43 bits per heavy atom. The van der Waals surface area contributed by atoms with Crippen molar-refractivity contribution < 1.29 is 9.66 Å². The van der Waals surface area contributed by atoms with E-state index in [9.17, 15) is 10.1 Å². The van der Waals surface area contributed by atoms with Crippen LogP contribution in [0.2, 0.25) is 0 Å². The van der Waals surface area contributed by atoms with E-state index in [0.717, 1.165) is 5.56 Å². The van der Waals surface area contributed by atoms with E-state index in [-0.39, 0.29) is 17.4 Å². The highest BCUT2D eigenvalue weighted by molar-refractivity contribution is 6.68. The lowest BCUT2D eigenvalue weighted by Gasteiger charge is -2.41. The Balaban J connectivity index is 2.22. The number of hydrogen-bond donors (Lipinski definition) is 0. The monoisotopic (exact) mass is 350 g/mol. The minimum atomic E-state index is -1.88. The molecule has 0 saturated carbocycles. The molecule has 8 heteroatoms. The molecule has 1 saturated heterocycles. The zero-order valence-electron chi connectivity index (χ0n) is 11.1. The molecule has 2 aliphatic rings. The molecular formula is C13H13Cl3N2O3. The smallest absolute Gasteiger partial charge is 0.282 e. The summed E-state index contributed by atoms with van der Waals surface area (Å²) in [6, 6.07) is 7.22. The molecular weight excluding hydrogens is 339 g/mol. The summed E-state index contributed by atoms with van der Waals surface area (Å²) in [7, 11) is 1.82. The van der Waals surface area contributed by atoms with Crippen LogP contribution in [0, 0.1) is 10.1 Å². The maximum Gasteiger partial charge on any atom is 0.282 e. The van der Waals surface area contributed by atoms with Crippen molar-refractivity contribution in [2.24, 2.45) is 0 Å². The number of benzene rings is 1. The molecule has 3 rings (SSSR count). The van der Waals surface area contributed by atoms with Gasteiger partial charge in [0.2, 0.25) is 9.90 Å². The van der Waals surface area contributed by atoms with Crippen molar-refractivity contribution in [3.8, 4) is 5.75 Å². The zero-order chi connectivity index (χ0) is 15.4. The lowest BCUT2D eigenvalue weighted by atomic mass is 9.76. The molecule has 0 amide bonds. The van der Waals surface area contributed by atoms with Crippen molar-refractivity contribution in [3.63, 3.8) is 0 Å². The number of para-hydroxylation sites is 1. The third-order valence-corrected chi connectivity index (χ3v) is 4.85. The number of likely N-dealkylation sites (N-methyl/N-ethyl adjacent to an activating group) is 1. The van der Waals surface area contributed by atoms with E-state index in [0.29, 0.717) is 12.3 Å². The van der Waals surface area contributed by atoms with Gasteiger partial charge in [-0.2, -0.15) is 0 Å². The van der Waals surface area contributed by atoms with Crippen molar-refractivity contribution in [1.82, 2.24) is 4.90 Å². The number of likely N-dealkylation sites (tertiary alicyclic amines) is 1. The van der Waals surface area contributed by atoms with Gasteiger partial charge in [-0.3, -0.25) is 15.0 Å². The second kappa shape index (κ2) is 4.88. The van der Waals surface area contributed by atoms with Gasteiger partial charge in [0.15, 0.2) is 0 Å². The Morgan fingerprint density at radius 3 is 2.71 bits per heavy atom. The van der Waals surface area contributed by atoms with E-state index < -0.39 is 15.4 Å². The van der Waals surface area contributed by atoms with E-state index in [2.05, 4.69) is 0 Å². The van der Waals surface area contributed by atoms with Crippen LogP contribution < -0.4 is 4.74 Å². The van der Waals surface area contributed by atoms with Crippen molar-refractivity contribution in [1.29, 1.82) is 0 Å². The molecule has 0 aromatic heterocycles. The summed E-state index contributed by atoms with van der Waals surface area (Å²) in [6.45, 7) is 0.705. The van der Waals surface area contributed by atoms with Crippen LogP contribution in [0.25, 0.3) is 0 Å². The number of nitrogens with zero attached hydrogens (tertiary/aromatic N) is 2. The number of nitro groups is 1. The Hall–Kier alpha value is -0.750. The summed E-state index contributed by atoms with van der Waals surface area (Å²) >= 11 is 18.0. The average Bonchev–Trinajstić information content (AvgIpc) is 2.75. The summed E-state index contributed by atoms with van der Waals surface area (Å²) < 4.78 is 3.87. The van der Waals surface area contributed by atoms with Crippen LogP contribution in [-0.4, -0.2) is 45.4 Å². The Labute approximate surface area is 136 Å². The zero-order valence-corrected chi connectivity index (χ0v) is 13.4. The summed E-state index contributed by atoms with van der Waals surface area (Å²) in [4.78, 5) is 13.4. The fourth-order valence-corrected chi connectivity index (χ4v) is 4.15. The minimum Gasteiger partial charge on any atom is -0.478 e.